The van der Waals surface area contributed by atoms with E-state index in [0.717, 1.165) is 23.0 Å². The number of thioether (sulfide) groups is 1. The summed E-state index contributed by atoms with van der Waals surface area (Å²) < 4.78 is 0. The molecular weight excluding hydrogens is 180 g/mol. The summed E-state index contributed by atoms with van der Waals surface area (Å²) in [6.45, 7) is 0. The lowest BCUT2D eigenvalue weighted by Gasteiger charge is -2.12. The summed E-state index contributed by atoms with van der Waals surface area (Å²) in [6, 6.07) is 8.28. The summed E-state index contributed by atoms with van der Waals surface area (Å²) in [5.41, 5.74) is 3.59. The molecule has 2 heterocycles. The minimum Gasteiger partial charge on any atom is -0.275 e. The summed E-state index contributed by atoms with van der Waals surface area (Å²) in [5, 5.41) is 1.12. The number of nitrogens with zero attached hydrogens (tertiary/aromatic N) is 2. The SMILES string of the molecule is c1ccc2c(c1)CC1=NCSC1=N2. The third kappa shape index (κ3) is 1.11. The highest BCUT2D eigenvalue weighted by Crippen LogP contribution is 2.30. The van der Waals surface area contributed by atoms with Gasteiger partial charge in [0.1, 0.15) is 5.04 Å². The molecule has 2 aliphatic heterocycles. The van der Waals surface area contributed by atoms with Crippen molar-refractivity contribution in [2.24, 2.45) is 9.98 Å². The lowest BCUT2D eigenvalue weighted by molar-refractivity contribution is 1.26. The number of hydrogen-bond acceptors (Lipinski definition) is 3. The number of benzene rings is 1. The van der Waals surface area contributed by atoms with Gasteiger partial charge in [-0.25, -0.2) is 4.99 Å². The van der Waals surface area contributed by atoms with E-state index in [0.29, 0.717) is 0 Å². The molecule has 0 amide bonds. The lowest BCUT2D eigenvalue weighted by atomic mass is 10.0. The molecule has 0 aliphatic carbocycles. The zero-order valence-electron chi connectivity index (χ0n) is 7.03. The smallest absolute Gasteiger partial charge is 0.120 e. The Morgan fingerprint density at radius 1 is 1.23 bits per heavy atom. The second-order valence-electron chi connectivity index (χ2n) is 3.10. The van der Waals surface area contributed by atoms with Crippen molar-refractivity contribution >= 4 is 28.2 Å². The summed E-state index contributed by atoms with van der Waals surface area (Å²) in [7, 11) is 0. The van der Waals surface area contributed by atoms with Crippen LogP contribution in [0, 0.1) is 0 Å². The minimum atomic E-state index is 0.849. The topological polar surface area (TPSA) is 24.7 Å². The number of hydrogen-bond donors (Lipinski definition) is 0. The maximum absolute atomic E-state index is 4.56. The highest BCUT2D eigenvalue weighted by atomic mass is 32.2. The third-order valence-corrected chi connectivity index (χ3v) is 3.13. The van der Waals surface area contributed by atoms with Crippen molar-refractivity contribution in [2.45, 2.75) is 6.42 Å². The van der Waals surface area contributed by atoms with Crippen LogP contribution in [-0.2, 0) is 6.42 Å². The van der Waals surface area contributed by atoms with Crippen molar-refractivity contribution in [3.8, 4) is 0 Å². The molecule has 2 aliphatic rings. The molecule has 0 radical (unpaired) electrons. The van der Waals surface area contributed by atoms with Crippen molar-refractivity contribution in [1.29, 1.82) is 0 Å². The van der Waals surface area contributed by atoms with Gasteiger partial charge in [0.05, 0.1) is 17.3 Å². The van der Waals surface area contributed by atoms with Crippen LogP contribution in [0.5, 0.6) is 0 Å². The van der Waals surface area contributed by atoms with Crippen LogP contribution >= 0.6 is 11.8 Å². The van der Waals surface area contributed by atoms with Crippen molar-refractivity contribution < 1.29 is 0 Å². The highest BCUT2D eigenvalue weighted by Gasteiger charge is 2.21. The van der Waals surface area contributed by atoms with E-state index >= 15 is 0 Å². The van der Waals surface area contributed by atoms with Crippen LogP contribution in [0.25, 0.3) is 0 Å². The molecule has 3 heteroatoms. The normalized spacial score (nSPS) is 18.8. The molecule has 1 aromatic carbocycles. The maximum Gasteiger partial charge on any atom is 0.120 e. The maximum atomic E-state index is 4.56. The third-order valence-electron chi connectivity index (χ3n) is 2.28. The predicted octanol–water partition coefficient (Wildman–Crippen LogP) is 2.42. The van der Waals surface area contributed by atoms with Crippen molar-refractivity contribution in [3.05, 3.63) is 29.8 Å². The van der Waals surface area contributed by atoms with E-state index in [9.17, 15) is 0 Å². The Balaban J connectivity index is 2.18. The van der Waals surface area contributed by atoms with Gasteiger partial charge in [0.25, 0.3) is 0 Å². The van der Waals surface area contributed by atoms with Gasteiger partial charge in [0.2, 0.25) is 0 Å². The second-order valence-corrected chi connectivity index (χ2v) is 4.03. The van der Waals surface area contributed by atoms with Crippen LogP contribution in [0.4, 0.5) is 5.69 Å². The molecular formula is C10H8N2S. The molecule has 2 nitrogen and oxygen atoms in total. The van der Waals surface area contributed by atoms with E-state index in [1.807, 2.05) is 6.07 Å². The molecule has 0 saturated carbocycles. The first-order chi connectivity index (χ1) is 6.43. The summed E-state index contributed by atoms with van der Waals surface area (Å²) >= 11 is 1.74. The fourth-order valence-corrected chi connectivity index (χ4v) is 2.42. The van der Waals surface area contributed by atoms with Crippen molar-refractivity contribution in [3.63, 3.8) is 0 Å². The second kappa shape index (κ2) is 2.70. The Labute approximate surface area is 80.8 Å². The highest BCUT2D eigenvalue weighted by molar-refractivity contribution is 8.16. The van der Waals surface area contributed by atoms with Crippen LogP contribution in [-0.4, -0.2) is 16.6 Å². The van der Waals surface area contributed by atoms with Gasteiger partial charge in [-0.05, 0) is 11.6 Å². The van der Waals surface area contributed by atoms with Crippen LogP contribution < -0.4 is 0 Å². The van der Waals surface area contributed by atoms with E-state index < -0.39 is 0 Å². The van der Waals surface area contributed by atoms with E-state index in [1.165, 1.54) is 11.3 Å². The quantitative estimate of drug-likeness (QED) is 0.613. The first-order valence-corrected chi connectivity index (χ1v) is 5.25. The fourth-order valence-electron chi connectivity index (χ4n) is 1.61. The summed E-state index contributed by atoms with van der Waals surface area (Å²) in [5.74, 6) is 0.849. The Morgan fingerprint density at radius 2 is 2.15 bits per heavy atom. The molecule has 0 aromatic heterocycles. The average molecular weight is 188 g/mol. The molecule has 0 atom stereocenters. The molecule has 64 valence electrons. The summed E-state index contributed by atoms with van der Waals surface area (Å²) in [4.78, 5) is 8.96. The fraction of sp³-hybridized carbons (Fsp3) is 0.200. The molecule has 3 rings (SSSR count). The van der Waals surface area contributed by atoms with Gasteiger partial charge in [-0.2, -0.15) is 0 Å². The van der Waals surface area contributed by atoms with E-state index in [4.69, 9.17) is 0 Å². The molecule has 0 spiro atoms. The Kier molecular flexibility index (Phi) is 1.52. The molecule has 13 heavy (non-hydrogen) atoms. The van der Waals surface area contributed by atoms with Gasteiger partial charge >= 0.3 is 0 Å². The lowest BCUT2D eigenvalue weighted by Crippen LogP contribution is -2.13. The molecule has 0 saturated heterocycles. The average Bonchev–Trinajstić information content (AvgIpc) is 2.61. The minimum absolute atomic E-state index is 0.849. The van der Waals surface area contributed by atoms with Gasteiger partial charge in [-0.15, -0.1) is 0 Å². The zero-order valence-corrected chi connectivity index (χ0v) is 7.84. The summed E-state index contributed by atoms with van der Waals surface area (Å²) in [6.07, 6.45) is 0.960. The number of aliphatic imine (C=N–C) groups is 2. The predicted molar refractivity (Wildman–Crippen MR) is 57.1 cm³/mol. The number of rotatable bonds is 0. The van der Waals surface area contributed by atoms with Crippen LogP contribution in [0.1, 0.15) is 5.56 Å². The van der Waals surface area contributed by atoms with E-state index in [1.54, 1.807) is 11.8 Å². The largest absolute Gasteiger partial charge is 0.275 e. The van der Waals surface area contributed by atoms with Crippen LogP contribution in [0.15, 0.2) is 34.3 Å². The van der Waals surface area contributed by atoms with E-state index in [2.05, 4.69) is 28.2 Å². The molecule has 0 fully saturated rings. The Bertz CT molecular complexity index is 421. The van der Waals surface area contributed by atoms with Gasteiger partial charge in [-0.1, -0.05) is 30.0 Å². The van der Waals surface area contributed by atoms with Crippen LogP contribution in [0.2, 0.25) is 0 Å². The van der Waals surface area contributed by atoms with Gasteiger partial charge in [-0.3, -0.25) is 4.99 Å². The standard InChI is InChI=1S/C10H8N2S/c1-2-4-8-7(3-1)5-9-10(12-8)13-6-11-9/h1-4H,5-6H2. The zero-order chi connectivity index (χ0) is 8.67. The van der Waals surface area contributed by atoms with Gasteiger partial charge in [0.15, 0.2) is 0 Å². The van der Waals surface area contributed by atoms with E-state index in [-0.39, 0.29) is 0 Å². The monoisotopic (exact) mass is 188 g/mol. The molecule has 0 unspecified atom stereocenters. The van der Waals surface area contributed by atoms with Gasteiger partial charge < -0.3 is 0 Å². The van der Waals surface area contributed by atoms with Gasteiger partial charge in [0, 0.05) is 6.42 Å². The Morgan fingerprint density at radius 3 is 3.15 bits per heavy atom. The molecule has 1 aromatic rings. The number of para-hydroxylation sites is 1. The molecule has 0 bridgehead atoms. The number of fused-ring (bicyclic) bond motifs is 2. The first-order valence-electron chi connectivity index (χ1n) is 4.26. The Hall–Kier alpha value is -1.09. The first kappa shape index (κ1) is 7.33. The van der Waals surface area contributed by atoms with Crippen molar-refractivity contribution in [2.75, 3.05) is 5.88 Å². The van der Waals surface area contributed by atoms with Crippen molar-refractivity contribution in [1.82, 2.24) is 0 Å². The molecule has 0 N–H and O–H groups in total. The van der Waals surface area contributed by atoms with Crippen LogP contribution in [0.3, 0.4) is 0 Å².